The molecule has 0 fully saturated rings. The zero-order valence-corrected chi connectivity index (χ0v) is 39.5. The van der Waals surface area contributed by atoms with Crippen LogP contribution in [0.3, 0.4) is 0 Å². The molecule has 0 spiro atoms. The number of carbonyl (C=O) groups is 1. The van der Waals surface area contributed by atoms with Crippen molar-refractivity contribution < 1.29 is 28.4 Å². The molecular weight excluding hydrogens is 744 g/mol. The maximum atomic E-state index is 12.8. The van der Waals surface area contributed by atoms with Crippen LogP contribution >= 0.6 is 7.82 Å². The van der Waals surface area contributed by atoms with Crippen LogP contribution in [0.25, 0.3) is 0 Å². The highest BCUT2D eigenvalue weighted by molar-refractivity contribution is 7.47. The summed E-state index contributed by atoms with van der Waals surface area (Å²) < 4.78 is 22.3. The fourth-order valence-corrected chi connectivity index (χ4v) is 8.54. The van der Waals surface area contributed by atoms with Crippen LogP contribution in [0.4, 0.5) is 0 Å². The monoisotopic (exact) mass is 843 g/mol. The maximum absolute atomic E-state index is 12.8. The minimum absolute atomic E-state index is 0.0902. The van der Waals surface area contributed by atoms with Crippen molar-refractivity contribution in [3.63, 3.8) is 0 Å². The Kier molecular flexibility index (Phi) is 45.2. The van der Waals surface area contributed by atoms with E-state index in [1.54, 1.807) is 0 Å². The van der Waals surface area contributed by atoms with Gasteiger partial charge in [0.2, 0.25) is 5.91 Å². The van der Waals surface area contributed by atoms with Crippen molar-refractivity contribution >= 4 is 13.7 Å². The van der Waals surface area contributed by atoms with Crippen molar-refractivity contribution in [2.45, 2.75) is 276 Å². The highest BCUT2D eigenvalue weighted by Gasteiger charge is 2.27. The van der Waals surface area contributed by atoms with E-state index in [1.807, 2.05) is 0 Å². The second-order valence-electron chi connectivity index (χ2n) is 17.4. The number of allylic oxidation sites excluding steroid dienone is 2. The third-order valence-corrected chi connectivity index (χ3v) is 12.6. The van der Waals surface area contributed by atoms with Gasteiger partial charge in [0.25, 0.3) is 0 Å². The van der Waals surface area contributed by atoms with Gasteiger partial charge in [0.15, 0.2) is 0 Å². The first-order chi connectivity index (χ1) is 28.4. The Labute approximate surface area is 360 Å². The number of nitrogens with two attached hydrogens (primary N) is 1. The molecule has 0 aliphatic rings. The van der Waals surface area contributed by atoms with Gasteiger partial charge in [0.05, 0.1) is 25.4 Å². The average molecular weight is 843 g/mol. The van der Waals surface area contributed by atoms with Gasteiger partial charge in [-0.15, -0.1) is 0 Å². The molecule has 1 amide bonds. The maximum Gasteiger partial charge on any atom is 0.472 e. The summed E-state index contributed by atoms with van der Waals surface area (Å²) in [7, 11) is -4.32. The largest absolute Gasteiger partial charge is 0.472 e. The van der Waals surface area contributed by atoms with Gasteiger partial charge < -0.3 is 21.1 Å². The van der Waals surface area contributed by atoms with Crippen LogP contribution in [0, 0.1) is 0 Å². The molecular formula is C49H99N2O6P. The van der Waals surface area contributed by atoms with E-state index >= 15 is 0 Å². The van der Waals surface area contributed by atoms with Crippen LogP contribution < -0.4 is 11.1 Å². The van der Waals surface area contributed by atoms with Gasteiger partial charge in [0.1, 0.15) is 0 Å². The molecule has 0 rings (SSSR count). The molecule has 0 aromatic carbocycles. The molecule has 0 saturated carbocycles. The normalized spacial score (nSPS) is 13.9. The molecule has 0 aromatic rings. The summed E-state index contributed by atoms with van der Waals surface area (Å²) in [4.78, 5) is 22.8. The Morgan fingerprint density at radius 3 is 1.28 bits per heavy atom. The molecule has 0 aliphatic heterocycles. The fourth-order valence-electron chi connectivity index (χ4n) is 7.78. The number of carbonyl (C=O) groups excluding carboxylic acids is 1. The van der Waals surface area contributed by atoms with E-state index in [1.165, 1.54) is 199 Å². The minimum Gasteiger partial charge on any atom is -0.391 e. The van der Waals surface area contributed by atoms with Gasteiger partial charge in [0, 0.05) is 13.0 Å². The first-order valence-corrected chi connectivity index (χ1v) is 26.8. The molecule has 0 bridgehead atoms. The molecule has 3 atom stereocenters. The lowest BCUT2D eigenvalue weighted by Crippen LogP contribution is -2.46. The number of unbranched alkanes of at least 4 members (excludes halogenated alkanes) is 34. The summed E-state index contributed by atoms with van der Waals surface area (Å²) in [6, 6.07) is -0.774. The summed E-state index contributed by atoms with van der Waals surface area (Å²) in [6.07, 6.45) is 52.3. The minimum atomic E-state index is -4.32. The van der Waals surface area contributed by atoms with Crippen molar-refractivity contribution in [1.82, 2.24) is 5.32 Å². The quantitative estimate of drug-likeness (QED) is 0.0272. The van der Waals surface area contributed by atoms with E-state index in [9.17, 15) is 19.4 Å². The molecule has 0 radical (unpaired) electrons. The van der Waals surface area contributed by atoms with Crippen LogP contribution in [0.5, 0.6) is 0 Å². The first-order valence-electron chi connectivity index (χ1n) is 25.3. The number of amides is 1. The Hall–Kier alpha value is -0.760. The highest BCUT2D eigenvalue weighted by atomic mass is 31.2. The van der Waals surface area contributed by atoms with Gasteiger partial charge in [-0.1, -0.05) is 231 Å². The standard InChI is InChI=1S/C49H99N2O6P/c1-3-5-7-9-11-13-15-17-19-21-23-24-25-26-28-30-32-34-36-38-40-42-48(52)47(46-57-58(54,55)56-45-44-50)51-49(53)43-41-39-37-35-33-31-29-27-22-20-18-16-14-12-10-8-6-4-2/h20,22,47-48,52H,3-19,21,23-46,50H2,1-2H3,(H,51,53)(H,54,55)/b22-20-. The first kappa shape index (κ1) is 57.2. The molecule has 5 N–H and O–H groups in total. The van der Waals surface area contributed by atoms with Gasteiger partial charge in [-0.25, -0.2) is 4.57 Å². The molecule has 3 unspecified atom stereocenters. The van der Waals surface area contributed by atoms with E-state index in [4.69, 9.17) is 14.8 Å². The van der Waals surface area contributed by atoms with Gasteiger partial charge >= 0.3 is 7.82 Å². The van der Waals surface area contributed by atoms with Crippen molar-refractivity contribution in [3.8, 4) is 0 Å². The van der Waals surface area contributed by atoms with Crippen LogP contribution in [0.1, 0.15) is 264 Å². The molecule has 0 saturated heterocycles. The second kappa shape index (κ2) is 45.8. The molecule has 58 heavy (non-hydrogen) atoms. The number of hydrogen-bond donors (Lipinski definition) is 4. The summed E-state index contributed by atoms with van der Waals surface area (Å²) in [5.41, 5.74) is 5.40. The summed E-state index contributed by atoms with van der Waals surface area (Å²) in [5, 5.41) is 13.9. The van der Waals surface area contributed by atoms with Crippen LogP contribution in [0.2, 0.25) is 0 Å². The van der Waals surface area contributed by atoms with Crippen molar-refractivity contribution in [2.24, 2.45) is 5.73 Å². The Morgan fingerprint density at radius 2 is 0.897 bits per heavy atom. The van der Waals surface area contributed by atoms with Crippen LogP contribution in [-0.2, 0) is 18.4 Å². The lowest BCUT2D eigenvalue weighted by molar-refractivity contribution is -0.123. The highest BCUT2D eigenvalue weighted by Crippen LogP contribution is 2.43. The van der Waals surface area contributed by atoms with Gasteiger partial charge in [-0.3, -0.25) is 13.8 Å². The predicted molar refractivity (Wildman–Crippen MR) is 249 cm³/mol. The zero-order chi connectivity index (χ0) is 42.5. The summed E-state index contributed by atoms with van der Waals surface area (Å²) in [6.45, 7) is 4.24. The van der Waals surface area contributed by atoms with E-state index < -0.39 is 20.0 Å². The summed E-state index contributed by atoms with van der Waals surface area (Å²) in [5.74, 6) is -0.162. The van der Waals surface area contributed by atoms with E-state index in [2.05, 4.69) is 31.3 Å². The molecule has 0 aromatic heterocycles. The number of nitrogens with one attached hydrogen (secondary N) is 1. The molecule has 0 aliphatic carbocycles. The van der Waals surface area contributed by atoms with Crippen LogP contribution in [-0.4, -0.2) is 47.8 Å². The third-order valence-electron chi connectivity index (χ3n) is 11.6. The van der Waals surface area contributed by atoms with Crippen LogP contribution in [0.15, 0.2) is 12.2 Å². The number of rotatable bonds is 48. The van der Waals surface area contributed by atoms with Crippen molar-refractivity contribution in [3.05, 3.63) is 12.2 Å². The number of aliphatic hydroxyl groups excluding tert-OH is 1. The molecule has 8 nitrogen and oxygen atoms in total. The lowest BCUT2D eigenvalue weighted by Gasteiger charge is -2.25. The Balaban J connectivity index is 4.04. The average Bonchev–Trinajstić information content (AvgIpc) is 3.21. The lowest BCUT2D eigenvalue weighted by atomic mass is 10.0. The molecule has 0 heterocycles. The van der Waals surface area contributed by atoms with Crippen molar-refractivity contribution in [2.75, 3.05) is 19.8 Å². The number of hydrogen-bond acceptors (Lipinski definition) is 6. The van der Waals surface area contributed by atoms with Gasteiger partial charge in [-0.2, -0.15) is 0 Å². The number of phosphoric ester groups is 1. The number of aliphatic hydroxyl groups is 1. The van der Waals surface area contributed by atoms with Gasteiger partial charge in [-0.05, 0) is 38.5 Å². The molecule has 9 heteroatoms. The Bertz CT molecular complexity index is 922. The summed E-state index contributed by atoms with van der Waals surface area (Å²) >= 11 is 0. The van der Waals surface area contributed by atoms with E-state index in [-0.39, 0.29) is 25.7 Å². The second-order valence-corrected chi connectivity index (χ2v) is 18.8. The van der Waals surface area contributed by atoms with E-state index in [0.29, 0.717) is 12.8 Å². The Morgan fingerprint density at radius 1 is 0.552 bits per heavy atom. The zero-order valence-electron chi connectivity index (χ0n) is 38.6. The SMILES string of the molecule is CCCCCCCCC/C=C\CCCCCCCCCC(=O)NC(COP(=O)(O)OCCN)C(O)CCCCCCCCCCCCCCCCCCCCCCC. The fraction of sp³-hybridized carbons (Fsp3) is 0.939. The predicted octanol–water partition coefficient (Wildman–Crippen LogP) is 14.7. The smallest absolute Gasteiger partial charge is 0.391 e. The topological polar surface area (TPSA) is 131 Å². The third kappa shape index (κ3) is 43.3. The van der Waals surface area contributed by atoms with Crippen molar-refractivity contribution in [1.29, 1.82) is 0 Å². The molecule has 346 valence electrons. The van der Waals surface area contributed by atoms with E-state index in [0.717, 1.165) is 38.5 Å². The number of phosphoric acid groups is 1.